The lowest BCUT2D eigenvalue weighted by atomic mass is 9.96. The monoisotopic (exact) mass is 328 g/mol. The molecule has 130 valence electrons. The Bertz CT molecular complexity index is 624. The van der Waals surface area contributed by atoms with Crippen LogP contribution in [0.1, 0.15) is 55.6 Å². The zero-order chi connectivity index (χ0) is 16.5. The third-order valence-corrected chi connectivity index (χ3v) is 5.84. The van der Waals surface area contributed by atoms with E-state index < -0.39 is 0 Å². The predicted octanol–water partition coefficient (Wildman–Crippen LogP) is 2.50. The van der Waals surface area contributed by atoms with Crippen LogP contribution in [0.15, 0.2) is 0 Å². The summed E-state index contributed by atoms with van der Waals surface area (Å²) in [7, 11) is 0. The molecule has 24 heavy (non-hydrogen) atoms. The molecule has 0 N–H and O–H groups in total. The Hall–Kier alpha value is -1.65. The van der Waals surface area contributed by atoms with Gasteiger partial charge in [0, 0.05) is 30.9 Å². The van der Waals surface area contributed by atoms with Gasteiger partial charge in [0.25, 0.3) is 0 Å². The lowest BCUT2D eigenvalue weighted by Gasteiger charge is -2.37. The van der Waals surface area contributed by atoms with E-state index in [1.165, 1.54) is 49.8 Å². The fourth-order valence-corrected chi connectivity index (χ4v) is 4.54. The van der Waals surface area contributed by atoms with Gasteiger partial charge in [-0.05, 0) is 51.4 Å². The van der Waals surface area contributed by atoms with E-state index in [-0.39, 0.29) is 5.91 Å². The second-order valence-corrected chi connectivity index (χ2v) is 7.64. The Labute approximate surface area is 144 Å². The van der Waals surface area contributed by atoms with Gasteiger partial charge in [0.05, 0.1) is 6.54 Å². The Morgan fingerprint density at radius 2 is 1.83 bits per heavy atom. The van der Waals surface area contributed by atoms with Crippen molar-refractivity contribution in [1.29, 1.82) is 0 Å². The molecule has 1 amide bonds. The van der Waals surface area contributed by atoms with E-state index in [4.69, 9.17) is 4.98 Å². The van der Waals surface area contributed by atoms with Crippen LogP contribution in [0, 0.1) is 12.8 Å². The smallest absolute Gasteiger partial charge is 0.242 e. The number of fused-ring (bicyclic) bond motifs is 1. The molecule has 1 saturated heterocycles. The van der Waals surface area contributed by atoms with Gasteiger partial charge < -0.3 is 9.80 Å². The van der Waals surface area contributed by atoms with Crippen molar-refractivity contribution in [2.45, 2.75) is 58.3 Å². The van der Waals surface area contributed by atoms with Crippen molar-refractivity contribution < 1.29 is 4.79 Å². The maximum absolute atomic E-state index is 12.7. The summed E-state index contributed by atoms with van der Waals surface area (Å²) >= 11 is 0. The fraction of sp³-hybridized carbons (Fsp3) is 0.737. The molecule has 2 aliphatic carbocycles. The SMILES string of the molecule is Cc1nc2c(c(N3CCN(CC4CCCC4)C(=O)C3)n1)CCCC2. The highest BCUT2D eigenvalue weighted by Gasteiger charge is 2.30. The van der Waals surface area contributed by atoms with Crippen molar-refractivity contribution in [3.8, 4) is 0 Å². The number of amides is 1. The first-order valence-electron chi connectivity index (χ1n) is 9.60. The van der Waals surface area contributed by atoms with Crippen molar-refractivity contribution in [2.24, 2.45) is 5.92 Å². The van der Waals surface area contributed by atoms with E-state index in [0.29, 0.717) is 6.54 Å². The number of rotatable bonds is 3. The molecule has 0 atom stereocenters. The summed E-state index contributed by atoms with van der Waals surface area (Å²) in [6.07, 6.45) is 9.82. The largest absolute Gasteiger partial charge is 0.345 e. The summed E-state index contributed by atoms with van der Waals surface area (Å²) in [5.41, 5.74) is 2.51. The van der Waals surface area contributed by atoms with Crippen LogP contribution >= 0.6 is 0 Å². The summed E-state index contributed by atoms with van der Waals surface area (Å²) in [6, 6.07) is 0. The summed E-state index contributed by atoms with van der Waals surface area (Å²) < 4.78 is 0. The molecular formula is C19H28N4O. The summed E-state index contributed by atoms with van der Waals surface area (Å²) in [4.78, 5) is 26.3. The Morgan fingerprint density at radius 3 is 2.62 bits per heavy atom. The fourth-order valence-electron chi connectivity index (χ4n) is 4.54. The maximum Gasteiger partial charge on any atom is 0.242 e. The third-order valence-electron chi connectivity index (χ3n) is 5.84. The van der Waals surface area contributed by atoms with Gasteiger partial charge in [0.15, 0.2) is 0 Å². The Morgan fingerprint density at radius 1 is 1.04 bits per heavy atom. The molecule has 2 heterocycles. The number of aromatic nitrogens is 2. The minimum Gasteiger partial charge on any atom is -0.345 e. The number of hydrogen-bond donors (Lipinski definition) is 0. The van der Waals surface area contributed by atoms with Gasteiger partial charge in [-0.25, -0.2) is 9.97 Å². The second-order valence-electron chi connectivity index (χ2n) is 7.64. The number of piperazine rings is 1. The van der Waals surface area contributed by atoms with Gasteiger partial charge in [-0.3, -0.25) is 4.79 Å². The number of anilines is 1. The molecule has 1 aromatic heterocycles. The van der Waals surface area contributed by atoms with Crippen LogP contribution in [-0.2, 0) is 17.6 Å². The average molecular weight is 328 g/mol. The highest BCUT2D eigenvalue weighted by atomic mass is 16.2. The topological polar surface area (TPSA) is 49.3 Å². The van der Waals surface area contributed by atoms with Gasteiger partial charge in [-0.2, -0.15) is 0 Å². The standard InChI is InChI=1S/C19H28N4O/c1-14-20-17-9-5-4-8-16(17)19(21-14)23-11-10-22(18(24)13-23)12-15-6-2-3-7-15/h15H,2-13H2,1H3. The van der Waals surface area contributed by atoms with Crippen molar-refractivity contribution in [1.82, 2.24) is 14.9 Å². The van der Waals surface area contributed by atoms with Crippen LogP contribution in [0.4, 0.5) is 5.82 Å². The minimum atomic E-state index is 0.272. The summed E-state index contributed by atoms with van der Waals surface area (Å²) in [5.74, 6) is 2.88. The first kappa shape index (κ1) is 15.9. The number of aryl methyl sites for hydroxylation is 2. The van der Waals surface area contributed by atoms with E-state index in [9.17, 15) is 4.79 Å². The van der Waals surface area contributed by atoms with E-state index >= 15 is 0 Å². The summed E-state index contributed by atoms with van der Waals surface area (Å²) in [6.45, 7) is 5.16. The van der Waals surface area contributed by atoms with E-state index in [1.54, 1.807) is 0 Å². The van der Waals surface area contributed by atoms with Crippen LogP contribution < -0.4 is 4.90 Å². The molecule has 0 radical (unpaired) electrons. The van der Waals surface area contributed by atoms with Gasteiger partial charge in [0.2, 0.25) is 5.91 Å². The van der Waals surface area contributed by atoms with Gasteiger partial charge in [-0.15, -0.1) is 0 Å². The molecule has 3 aliphatic rings. The number of carbonyl (C=O) groups is 1. The molecule has 2 fully saturated rings. The van der Waals surface area contributed by atoms with Gasteiger partial charge in [0.1, 0.15) is 11.6 Å². The number of nitrogens with zero attached hydrogens (tertiary/aromatic N) is 4. The molecule has 4 rings (SSSR count). The molecule has 0 bridgehead atoms. The van der Waals surface area contributed by atoms with Crippen molar-refractivity contribution in [3.63, 3.8) is 0 Å². The van der Waals surface area contributed by atoms with E-state index in [0.717, 1.165) is 50.0 Å². The molecule has 0 unspecified atom stereocenters. The van der Waals surface area contributed by atoms with Crippen molar-refractivity contribution in [2.75, 3.05) is 31.1 Å². The maximum atomic E-state index is 12.7. The zero-order valence-electron chi connectivity index (χ0n) is 14.8. The van der Waals surface area contributed by atoms with Crippen LogP contribution in [0.5, 0.6) is 0 Å². The van der Waals surface area contributed by atoms with Crippen molar-refractivity contribution in [3.05, 3.63) is 17.1 Å². The molecular weight excluding hydrogens is 300 g/mol. The zero-order valence-corrected chi connectivity index (χ0v) is 14.8. The Kier molecular flexibility index (Phi) is 4.42. The highest BCUT2D eigenvalue weighted by molar-refractivity contribution is 5.82. The first-order chi connectivity index (χ1) is 11.7. The third kappa shape index (κ3) is 3.13. The average Bonchev–Trinajstić information content (AvgIpc) is 3.09. The van der Waals surface area contributed by atoms with Crippen LogP contribution in [-0.4, -0.2) is 47.0 Å². The molecule has 0 spiro atoms. The lowest BCUT2D eigenvalue weighted by molar-refractivity contribution is -0.131. The summed E-state index contributed by atoms with van der Waals surface area (Å²) in [5, 5.41) is 0. The van der Waals surface area contributed by atoms with Crippen molar-refractivity contribution >= 4 is 11.7 Å². The van der Waals surface area contributed by atoms with Gasteiger partial charge >= 0.3 is 0 Å². The molecule has 0 aromatic carbocycles. The predicted molar refractivity (Wildman–Crippen MR) is 94.2 cm³/mol. The first-order valence-corrected chi connectivity index (χ1v) is 9.60. The van der Waals surface area contributed by atoms with E-state index in [2.05, 4.69) is 14.8 Å². The van der Waals surface area contributed by atoms with E-state index in [1.807, 2.05) is 6.92 Å². The molecule has 1 aliphatic heterocycles. The van der Waals surface area contributed by atoms with Gasteiger partial charge in [-0.1, -0.05) is 12.8 Å². The molecule has 5 nitrogen and oxygen atoms in total. The number of carbonyl (C=O) groups excluding carboxylic acids is 1. The number of hydrogen-bond acceptors (Lipinski definition) is 4. The second kappa shape index (κ2) is 6.69. The molecule has 1 aromatic rings. The van der Waals surface area contributed by atoms with Crippen LogP contribution in [0.25, 0.3) is 0 Å². The molecule has 5 heteroatoms. The highest BCUT2D eigenvalue weighted by Crippen LogP contribution is 2.30. The van der Waals surface area contributed by atoms with Crippen LogP contribution in [0.2, 0.25) is 0 Å². The lowest BCUT2D eigenvalue weighted by Crippen LogP contribution is -2.52. The Balaban J connectivity index is 1.48. The normalized spacial score (nSPS) is 22.1. The van der Waals surface area contributed by atoms with Crippen LogP contribution in [0.3, 0.4) is 0 Å². The molecule has 1 saturated carbocycles. The quantitative estimate of drug-likeness (QED) is 0.855. The minimum absolute atomic E-state index is 0.272.